The van der Waals surface area contributed by atoms with Gasteiger partial charge >= 0.3 is 6.03 Å². The molecule has 2 amide bonds. The highest BCUT2D eigenvalue weighted by molar-refractivity contribution is 5.74. The third-order valence-corrected chi connectivity index (χ3v) is 2.84. The molecule has 1 N–H and O–H groups in total. The number of carbonyl (C=O) groups excluding carboxylic acids is 1. The molecule has 0 saturated heterocycles. The fraction of sp³-hybridized carbons (Fsp3) is 0.917. The van der Waals surface area contributed by atoms with E-state index in [9.17, 15) is 4.79 Å². The number of amides is 2. The second kappa shape index (κ2) is 5.99. The van der Waals surface area contributed by atoms with Crippen molar-refractivity contribution in [1.82, 2.24) is 10.2 Å². The van der Waals surface area contributed by atoms with Gasteiger partial charge in [0.2, 0.25) is 0 Å². The second-order valence-corrected chi connectivity index (χ2v) is 4.77. The molecule has 0 aromatic carbocycles. The number of carbonyl (C=O) groups is 1. The van der Waals surface area contributed by atoms with E-state index in [-0.39, 0.29) is 6.03 Å². The van der Waals surface area contributed by atoms with Crippen LogP contribution in [0.1, 0.15) is 46.5 Å². The molecule has 1 aliphatic rings. The van der Waals surface area contributed by atoms with E-state index in [0.29, 0.717) is 6.04 Å². The van der Waals surface area contributed by atoms with Crippen molar-refractivity contribution in [1.29, 1.82) is 0 Å². The van der Waals surface area contributed by atoms with Crippen LogP contribution >= 0.6 is 0 Å². The Morgan fingerprint density at radius 3 is 2.60 bits per heavy atom. The first kappa shape index (κ1) is 12.3. The summed E-state index contributed by atoms with van der Waals surface area (Å²) >= 11 is 0. The number of hydrogen-bond acceptors (Lipinski definition) is 1. The number of rotatable bonds is 6. The molecule has 3 heteroatoms. The topological polar surface area (TPSA) is 32.3 Å². The fourth-order valence-electron chi connectivity index (χ4n) is 1.58. The third-order valence-electron chi connectivity index (χ3n) is 2.84. The molecule has 1 saturated carbocycles. The number of urea groups is 1. The molecular weight excluding hydrogens is 188 g/mol. The highest BCUT2D eigenvalue weighted by Crippen LogP contribution is 2.30. The number of nitrogens with one attached hydrogen (secondary N) is 1. The first-order chi connectivity index (χ1) is 7.15. The lowest BCUT2D eigenvalue weighted by atomic mass is 10.3. The van der Waals surface area contributed by atoms with Crippen LogP contribution in [-0.2, 0) is 0 Å². The minimum Gasteiger partial charge on any atom is -0.338 e. The van der Waals surface area contributed by atoms with Crippen LogP contribution in [-0.4, -0.2) is 30.1 Å². The highest BCUT2D eigenvalue weighted by atomic mass is 16.2. The largest absolute Gasteiger partial charge is 0.338 e. The van der Waals surface area contributed by atoms with Crippen molar-refractivity contribution in [2.75, 3.05) is 13.1 Å². The van der Waals surface area contributed by atoms with E-state index in [4.69, 9.17) is 0 Å². The van der Waals surface area contributed by atoms with Gasteiger partial charge in [-0.1, -0.05) is 13.3 Å². The van der Waals surface area contributed by atoms with Gasteiger partial charge in [-0.3, -0.25) is 0 Å². The molecule has 15 heavy (non-hydrogen) atoms. The summed E-state index contributed by atoms with van der Waals surface area (Å²) in [5, 5.41) is 2.99. The lowest BCUT2D eigenvalue weighted by molar-refractivity contribution is 0.180. The minimum atomic E-state index is 0.116. The highest BCUT2D eigenvalue weighted by Gasteiger charge is 2.27. The van der Waals surface area contributed by atoms with E-state index in [1.165, 1.54) is 12.8 Å². The molecule has 1 rings (SSSR count). The molecule has 0 bridgehead atoms. The predicted molar refractivity (Wildman–Crippen MR) is 62.9 cm³/mol. The summed E-state index contributed by atoms with van der Waals surface area (Å²) in [7, 11) is 0. The second-order valence-electron chi connectivity index (χ2n) is 4.77. The summed E-state index contributed by atoms with van der Waals surface area (Å²) in [6, 6.07) is 0.428. The van der Waals surface area contributed by atoms with E-state index in [2.05, 4.69) is 26.1 Å². The zero-order valence-corrected chi connectivity index (χ0v) is 10.3. The molecule has 0 spiro atoms. The quantitative estimate of drug-likeness (QED) is 0.674. The number of hydrogen-bond donors (Lipinski definition) is 1. The van der Waals surface area contributed by atoms with E-state index in [1.807, 2.05) is 4.90 Å². The fourth-order valence-corrected chi connectivity index (χ4v) is 1.58. The first-order valence-corrected chi connectivity index (χ1v) is 6.19. The van der Waals surface area contributed by atoms with Crippen molar-refractivity contribution in [2.24, 2.45) is 5.92 Å². The molecule has 0 heterocycles. The van der Waals surface area contributed by atoms with Crippen molar-refractivity contribution >= 4 is 6.03 Å². The Bertz CT molecular complexity index is 200. The Kier molecular flexibility index (Phi) is 4.92. The van der Waals surface area contributed by atoms with Crippen molar-refractivity contribution in [3.05, 3.63) is 0 Å². The maximum atomic E-state index is 11.8. The van der Waals surface area contributed by atoms with Crippen molar-refractivity contribution in [3.63, 3.8) is 0 Å². The van der Waals surface area contributed by atoms with Gasteiger partial charge in [-0.25, -0.2) is 4.79 Å². The molecule has 0 atom stereocenters. The average molecular weight is 212 g/mol. The SMILES string of the molecule is CCCCNC(=O)N(CC1CC1)C(C)C. The van der Waals surface area contributed by atoms with E-state index in [1.54, 1.807) is 0 Å². The smallest absolute Gasteiger partial charge is 0.317 e. The minimum absolute atomic E-state index is 0.116. The molecule has 3 nitrogen and oxygen atoms in total. The van der Waals surface area contributed by atoms with Crippen molar-refractivity contribution < 1.29 is 4.79 Å². The van der Waals surface area contributed by atoms with E-state index < -0.39 is 0 Å². The zero-order valence-electron chi connectivity index (χ0n) is 10.3. The molecular formula is C12H24N2O. The Hall–Kier alpha value is -0.730. The Morgan fingerprint density at radius 2 is 2.13 bits per heavy atom. The van der Waals surface area contributed by atoms with Crippen LogP contribution in [0.25, 0.3) is 0 Å². The number of nitrogens with zero attached hydrogens (tertiary/aromatic N) is 1. The number of unbranched alkanes of at least 4 members (excludes halogenated alkanes) is 1. The third kappa shape index (κ3) is 4.54. The molecule has 0 aromatic heterocycles. The zero-order chi connectivity index (χ0) is 11.3. The van der Waals surface area contributed by atoms with Crippen LogP contribution in [0.3, 0.4) is 0 Å². The van der Waals surface area contributed by atoms with Crippen LogP contribution in [0.2, 0.25) is 0 Å². The maximum Gasteiger partial charge on any atom is 0.317 e. The average Bonchev–Trinajstić information content (AvgIpc) is 2.97. The summed E-state index contributed by atoms with van der Waals surface area (Å²) < 4.78 is 0. The van der Waals surface area contributed by atoms with Crippen LogP contribution in [0.4, 0.5) is 4.79 Å². The Labute approximate surface area is 93.2 Å². The standard InChI is InChI=1S/C12H24N2O/c1-4-5-8-13-12(15)14(10(2)3)9-11-6-7-11/h10-11H,4-9H2,1-3H3,(H,13,15). The molecule has 0 radical (unpaired) electrons. The monoisotopic (exact) mass is 212 g/mol. The van der Waals surface area contributed by atoms with E-state index >= 15 is 0 Å². The molecule has 88 valence electrons. The lowest BCUT2D eigenvalue weighted by Gasteiger charge is -2.27. The van der Waals surface area contributed by atoms with Gasteiger partial charge in [0, 0.05) is 19.1 Å². The van der Waals surface area contributed by atoms with Gasteiger partial charge in [-0.2, -0.15) is 0 Å². The summed E-state index contributed by atoms with van der Waals surface area (Å²) in [6.07, 6.45) is 4.79. The van der Waals surface area contributed by atoms with Crippen LogP contribution in [0, 0.1) is 5.92 Å². The molecule has 0 aromatic rings. The van der Waals surface area contributed by atoms with Gasteiger partial charge in [0.25, 0.3) is 0 Å². The van der Waals surface area contributed by atoms with Gasteiger partial charge in [-0.05, 0) is 39.0 Å². The van der Waals surface area contributed by atoms with Crippen molar-refractivity contribution in [2.45, 2.75) is 52.5 Å². The van der Waals surface area contributed by atoms with Crippen LogP contribution in [0.15, 0.2) is 0 Å². The van der Waals surface area contributed by atoms with Gasteiger partial charge in [0.05, 0.1) is 0 Å². The van der Waals surface area contributed by atoms with E-state index in [0.717, 1.165) is 31.8 Å². The maximum absolute atomic E-state index is 11.8. The Morgan fingerprint density at radius 1 is 1.47 bits per heavy atom. The lowest BCUT2D eigenvalue weighted by Crippen LogP contribution is -2.45. The summed E-state index contributed by atoms with van der Waals surface area (Å²) in [5.41, 5.74) is 0. The molecule has 0 unspecified atom stereocenters. The van der Waals surface area contributed by atoms with Gasteiger partial charge in [0.1, 0.15) is 0 Å². The van der Waals surface area contributed by atoms with Crippen molar-refractivity contribution in [3.8, 4) is 0 Å². The molecule has 1 aliphatic carbocycles. The van der Waals surface area contributed by atoms with Gasteiger partial charge < -0.3 is 10.2 Å². The van der Waals surface area contributed by atoms with Crippen LogP contribution in [0.5, 0.6) is 0 Å². The van der Waals surface area contributed by atoms with Gasteiger partial charge in [0.15, 0.2) is 0 Å². The summed E-state index contributed by atoms with van der Waals surface area (Å²) in [5.74, 6) is 0.768. The van der Waals surface area contributed by atoms with Gasteiger partial charge in [-0.15, -0.1) is 0 Å². The van der Waals surface area contributed by atoms with Crippen LogP contribution < -0.4 is 5.32 Å². The predicted octanol–water partition coefficient (Wildman–Crippen LogP) is 2.62. The summed E-state index contributed by atoms with van der Waals surface area (Å²) in [4.78, 5) is 13.8. The summed E-state index contributed by atoms with van der Waals surface area (Å²) in [6.45, 7) is 8.05. The molecule has 1 fully saturated rings. The molecule has 0 aliphatic heterocycles. The normalized spacial score (nSPS) is 15.5. The Balaban J connectivity index is 2.29. The first-order valence-electron chi connectivity index (χ1n) is 6.19.